The summed E-state index contributed by atoms with van der Waals surface area (Å²) in [6.07, 6.45) is 3.42. The molecule has 132 valence electrons. The summed E-state index contributed by atoms with van der Waals surface area (Å²) in [7, 11) is 0. The zero-order chi connectivity index (χ0) is 18.9. The number of carbonyl (C=O) groups is 2. The lowest BCUT2D eigenvalue weighted by atomic mass is 10.1. The van der Waals surface area contributed by atoms with E-state index in [1.165, 1.54) is 12.4 Å². The van der Waals surface area contributed by atoms with Crippen LogP contribution in [0.15, 0.2) is 30.6 Å². The van der Waals surface area contributed by atoms with Crippen molar-refractivity contribution < 1.29 is 14.3 Å². The summed E-state index contributed by atoms with van der Waals surface area (Å²) >= 11 is 0. The lowest BCUT2D eigenvalue weighted by Crippen LogP contribution is -2.40. The average molecular weight is 351 g/mol. The van der Waals surface area contributed by atoms with Gasteiger partial charge in [0.2, 0.25) is 0 Å². The molecule has 0 aliphatic carbocycles. The summed E-state index contributed by atoms with van der Waals surface area (Å²) in [5, 5.41) is 2.60. The second-order valence-electron chi connectivity index (χ2n) is 6.28. The van der Waals surface area contributed by atoms with Crippen LogP contribution >= 0.6 is 0 Å². The van der Waals surface area contributed by atoms with Gasteiger partial charge in [-0.15, -0.1) is 0 Å². The van der Waals surface area contributed by atoms with Crippen molar-refractivity contribution in [2.24, 2.45) is 0 Å². The van der Waals surface area contributed by atoms with E-state index in [2.05, 4.69) is 20.1 Å². The second-order valence-corrected chi connectivity index (χ2v) is 6.28. The van der Waals surface area contributed by atoms with Gasteiger partial charge in [-0.25, -0.2) is 24.5 Å². The number of hydrogen-bond acceptors (Lipinski definition) is 5. The van der Waals surface area contributed by atoms with Crippen molar-refractivity contribution in [1.82, 2.24) is 15.3 Å². The van der Waals surface area contributed by atoms with Crippen LogP contribution in [0.4, 0.5) is 16.2 Å². The maximum atomic E-state index is 12.3. The molecule has 0 spiro atoms. The number of aromatic nitrogens is 2. The molecule has 3 rings (SSSR count). The van der Waals surface area contributed by atoms with Crippen LogP contribution in [-0.4, -0.2) is 27.4 Å². The Kier molecular flexibility index (Phi) is 4.30. The number of urea groups is 1. The van der Waals surface area contributed by atoms with E-state index in [0.29, 0.717) is 17.9 Å². The highest BCUT2D eigenvalue weighted by atomic mass is 16.5. The first-order valence-electron chi connectivity index (χ1n) is 8.02. The maximum Gasteiger partial charge on any atom is 0.329 e. The molecule has 2 heterocycles. The number of nitrogens with zero attached hydrogens (tertiary/aromatic N) is 4. The fraction of sp³-hybridized carbons (Fsp3) is 0.278. The predicted molar refractivity (Wildman–Crippen MR) is 94.3 cm³/mol. The van der Waals surface area contributed by atoms with E-state index < -0.39 is 11.6 Å². The number of nitrogens with one attached hydrogen (secondary N) is 1. The fourth-order valence-electron chi connectivity index (χ4n) is 2.58. The van der Waals surface area contributed by atoms with Gasteiger partial charge in [0, 0.05) is 0 Å². The molecule has 1 fully saturated rings. The number of hydrogen-bond donors (Lipinski definition) is 1. The molecule has 3 amide bonds. The summed E-state index contributed by atoms with van der Waals surface area (Å²) in [5.74, 6) is 0.139. The number of aryl methyl sites for hydroxylation is 1. The molecule has 1 aliphatic rings. The monoisotopic (exact) mass is 351 g/mol. The molecule has 8 nitrogen and oxygen atoms in total. The molecule has 1 N–H and O–H groups in total. The number of benzene rings is 1. The van der Waals surface area contributed by atoms with Gasteiger partial charge in [0.15, 0.2) is 5.69 Å². The molecule has 1 aliphatic heterocycles. The van der Waals surface area contributed by atoms with E-state index in [0.717, 1.165) is 10.5 Å². The number of amides is 3. The van der Waals surface area contributed by atoms with Crippen molar-refractivity contribution in [2.75, 3.05) is 4.90 Å². The minimum atomic E-state index is -0.965. The molecule has 8 heteroatoms. The number of imide groups is 1. The molecule has 1 aromatic heterocycles. The zero-order valence-corrected chi connectivity index (χ0v) is 14.6. The Morgan fingerprint density at radius 1 is 1.27 bits per heavy atom. The molecular formula is C18H17N5O3. The number of carbonyl (C=O) groups excluding carboxylic acids is 2. The molecular weight excluding hydrogens is 334 g/mol. The van der Waals surface area contributed by atoms with Crippen molar-refractivity contribution in [3.8, 4) is 11.8 Å². The van der Waals surface area contributed by atoms with Crippen LogP contribution in [0.2, 0.25) is 0 Å². The van der Waals surface area contributed by atoms with Gasteiger partial charge in [-0.05, 0) is 38.0 Å². The Hall–Kier alpha value is -3.47. The highest BCUT2D eigenvalue weighted by molar-refractivity contribution is 6.22. The minimum absolute atomic E-state index is 0.0812. The van der Waals surface area contributed by atoms with Crippen molar-refractivity contribution in [3.63, 3.8) is 0 Å². The van der Waals surface area contributed by atoms with Crippen LogP contribution < -0.4 is 15.0 Å². The smallest absolute Gasteiger partial charge is 0.329 e. The van der Waals surface area contributed by atoms with E-state index in [9.17, 15) is 9.59 Å². The van der Waals surface area contributed by atoms with E-state index in [4.69, 9.17) is 11.3 Å². The summed E-state index contributed by atoms with van der Waals surface area (Å²) in [6.45, 7) is 12.4. The number of anilines is 1. The van der Waals surface area contributed by atoms with Gasteiger partial charge in [-0.2, -0.15) is 0 Å². The Morgan fingerprint density at radius 2 is 1.96 bits per heavy atom. The van der Waals surface area contributed by atoms with Crippen LogP contribution in [0.3, 0.4) is 0 Å². The Bertz CT molecular complexity index is 915. The van der Waals surface area contributed by atoms with Crippen LogP contribution in [-0.2, 0) is 11.2 Å². The average Bonchev–Trinajstić information content (AvgIpc) is 2.83. The number of ether oxygens (including phenoxy) is 1. The lowest BCUT2D eigenvalue weighted by molar-refractivity contribution is -0.121. The van der Waals surface area contributed by atoms with Crippen LogP contribution in [0.1, 0.15) is 26.3 Å². The number of rotatable bonds is 4. The van der Waals surface area contributed by atoms with Crippen LogP contribution in [0.25, 0.3) is 4.85 Å². The summed E-state index contributed by atoms with van der Waals surface area (Å²) in [4.78, 5) is 36.9. The lowest BCUT2D eigenvalue weighted by Gasteiger charge is -2.15. The normalized spacial score (nSPS) is 15.5. The first-order valence-corrected chi connectivity index (χ1v) is 8.02. The third kappa shape index (κ3) is 3.07. The standard InChI is InChI=1S/C18H17N5O3/c1-5-11-8-13(6-7-14(11)19-4)26-16-20-9-12(10-21-16)23-15(24)18(2,3)22-17(23)25/h6-10H,5H2,1-3H3,(H,22,25). The molecule has 0 bridgehead atoms. The summed E-state index contributed by atoms with van der Waals surface area (Å²) < 4.78 is 5.60. The van der Waals surface area contributed by atoms with Crippen LogP contribution in [0, 0.1) is 6.57 Å². The molecule has 26 heavy (non-hydrogen) atoms. The molecule has 0 unspecified atom stereocenters. The Labute approximate surface area is 150 Å². The van der Waals surface area contributed by atoms with Crippen molar-refractivity contribution in [1.29, 1.82) is 0 Å². The topological polar surface area (TPSA) is 88.8 Å². The minimum Gasteiger partial charge on any atom is -0.424 e. The zero-order valence-electron chi connectivity index (χ0n) is 14.6. The van der Waals surface area contributed by atoms with Gasteiger partial charge < -0.3 is 10.1 Å². The van der Waals surface area contributed by atoms with Crippen molar-refractivity contribution in [3.05, 3.63) is 47.6 Å². The molecule has 0 atom stereocenters. The van der Waals surface area contributed by atoms with Gasteiger partial charge in [-0.3, -0.25) is 4.79 Å². The largest absolute Gasteiger partial charge is 0.424 e. The van der Waals surface area contributed by atoms with Crippen molar-refractivity contribution >= 4 is 23.3 Å². The van der Waals surface area contributed by atoms with Gasteiger partial charge in [0.1, 0.15) is 11.3 Å². The van der Waals surface area contributed by atoms with Gasteiger partial charge in [0.25, 0.3) is 5.91 Å². The SMILES string of the molecule is [C-]#[N+]c1ccc(Oc2ncc(N3C(=O)NC(C)(C)C3=O)cn2)cc1CC. The first-order chi connectivity index (χ1) is 12.4. The van der Waals surface area contributed by atoms with E-state index in [-0.39, 0.29) is 17.6 Å². The Morgan fingerprint density at radius 3 is 2.50 bits per heavy atom. The van der Waals surface area contributed by atoms with Gasteiger partial charge in [-0.1, -0.05) is 13.0 Å². The van der Waals surface area contributed by atoms with Crippen LogP contribution in [0.5, 0.6) is 11.8 Å². The summed E-state index contributed by atoms with van der Waals surface area (Å²) in [6, 6.07) is 4.69. The van der Waals surface area contributed by atoms with E-state index >= 15 is 0 Å². The summed E-state index contributed by atoms with van der Waals surface area (Å²) in [5.41, 5.74) is 0.754. The first kappa shape index (κ1) is 17.4. The van der Waals surface area contributed by atoms with E-state index in [1.807, 2.05) is 6.92 Å². The third-order valence-electron chi connectivity index (χ3n) is 3.99. The van der Waals surface area contributed by atoms with Gasteiger partial charge >= 0.3 is 12.0 Å². The predicted octanol–water partition coefficient (Wildman–Crippen LogP) is 3.22. The molecule has 0 saturated carbocycles. The molecule has 1 aromatic carbocycles. The quantitative estimate of drug-likeness (QED) is 0.675. The Balaban J connectivity index is 1.80. The molecule has 0 radical (unpaired) electrons. The van der Waals surface area contributed by atoms with Gasteiger partial charge in [0.05, 0.1) is 24.7 Å². The highest BCUT2D eigenvalue weighted by Crippen LogP contribution is 2.28. The van der Waals surface area contributed by atoms with Crippen molar-refractivity contribution in [2.45, 2.75) is 32.7 Å². The highest BCUT2D eigenvalue weighted by Gasteiger charge is 2.45. The maximum absolute atomic E-state index is 12.3. The second kappa shape index (κ2) is 6.44. The van der Waals surface area contributed by atoms with E-state index in [1.54, 1.807) is 32.0 Å². The third-order valence-corrected chi connectivity index (χ3v) is 3.99. The molecule has 1 saturated heterocycles. The molecule has 2 aromatic rings. The fourth-order valence-corrected chi connectivity index (χ4v) is 2.58.